The molecule has 0 fully saturated rings. The van der Waals surface area contributed by atoms with Crippen LogP contribution in [0.2, 0.25) is 0 Å². The van der Waals surface area contributed by atoms with Crippen LogP contribution in [0.5, 0.6) is 5.75 Å². The van der Waals surface area contributed by atoms with Gasteiger partial charge in [-0.3, -0.25) is 4.79 Å². The fourth-order valence-corrected chi connectivity index (χ4v) is 1.44. The summed E-state index contributed by atoms with van der Waals surface area (Å²) in [5, 5.41) is 12.4. The number of amides is 1. The Kier molecular flexibility index (Phi) is 3.50. The maximum Gasteiger partial charge on any atom is 0.221 e. The van der Waals surface area contributed by atoms with Gasteiger partial charge in [0.15, 0.2) is 0 Å². The van der Waals surface area contributed by atoms with Crippen LogP contribution in [0.1, 0.15) is 18.1 Å². The maximum absolute atomic E-state index is 10.9. The fourth-order valence-electron chi connectivity index (χ4n) is 1.44. The van der Waals surface area contributed by atoms with Crippen LogP contribution in [-0.4, -0.2) is 11.0 Å². The summed E-state index contributed by atoms with van der Waals surface area (Å²) in [4.78, 5) is 10.9. The first-order chi connectivity index (χ1) is 7.04. The number of carbonyl (C=O) groups excluding carboxylic acids is 1. The third-order valence-electron chi connectivity index (χ3n) is 2.06. The van der Waals surface area contributed by atoms with E-state index in [1.807, 2.05) is 0 Å². The van der Waals surface area contributed by atoms with Crippen LogP contribution in [0.3, 0.4) is 0 Å². The highest BCUT2D eigenvalue weighted by Crippen LogP contribution is 2.27. The first-order valence-corrected chi connectivity index (χ1v) is 4.75. The average molecular weight is 205 g/mol. The molecule has 0 aromatic heterocycles. The Bertz CT molecular complexity index is 397. The van der Waals surface area contributed by atoms with Crippen LogP contribution in [0, 0.1) is 6.92 Å². The van der Waals surface area contributed by atoms with Crippen molar-refractivity contribution >= 4 is 11.6 Å². The fraction of sp³-hybridized carbons (Fsp3) is 0.250. The van der Waals surface area contributed by atoms with Gasteiger partial charge in [0, 0.05) is 12.6 Å². The van der Waals surface area contributed by atoms with Gasteiger partial charge in [-0.05, 0) is 36.6 Å². The summed E-state index contributed by atoms with van der Waals surface area (Å²) in [6.45, 7) is 6.87. The summed E-state index contributed by atoms with van der Waals surface area (Å²) < 4.78 is 0. The topological polar surface area (TPSA) is 49.3 Å². The second-order valence-corrected chi connectivity index (χ2v) is 3.47. The molecule has 3 heteroatoms. The van der Waals surface area contributed by atoms with Crippen molar-refractivity contribution in [2.24, 2.45) is 0 Å². The zero-order chi connectivity index (χ0) is 11.4. The van der Waals surface area contributed by atoms with Crippen molar-refractivity contribution in [2.45, 2.75) is 20.3 Å². The standard InChI is InChI=1S/C12H15NO2/c1-4-5-10-7-11(13-9(3)14)6-8(2)12(10)15/h4,6-7,15H,1,5H2,2-3H3,(H,13,14). The number of aryl methyl sites for hydroxylation is 1. The summed E-state index contributed by atoms with van der Waals surface area (Å²) in [6.07, 6.45) is 2.30. The van der Waals surface area contributed by atoms with Crippen molar-refractivity contribution in [3.63, 3.8) is 0 Å². The molecular formula is C12H15NO2. The summed E-state index contributed by atoms with van der Waals surface area (Å²) >= 11 is 0. The first kappa shape index (κ1) is 11.3. The predicted octanol–water partition coefficient (Wildman–Crippen LogP) is 2.39. The normalized spacial score (nSPS) is 9.73. The van der Waals surface area contributed by atoms with Crippen LogP contribution in [-0.2, 0) is 11.2 Å². The number of nitrogens with one attached hydrogen (secondary N) is 1. The SMILES string of the molecule is C=CCc1cc(NC(C)=O)cc(C)c1O. The smallest absolute Gasteiger partial charge is 0.221 e. The van der Waals surface area contributed by atoms with E-state index in [1.54, 1.807) is 25.1 Å². The van der Waals surface area contributed by atoms with E-state index < -0.39 is 0 Å². The molecule has 0 aliphatic rings. The lowest BCUT2D eigenvalue weighted by Gasteiger charge is -2.09. The van der Waals surface area contributed by atoms with Crippen LogP contribution in [0.4, 0.5) is 5.69 Å². The van der Waals surface area contributed by atoms with Crippen molar-refractivity contribution in [1.29, 1.82) is 0 Å². The molecule has 1 amide bonds. The summed E-state index contributed by atoms with van der Waals surface area (Å²) in [6, 6.07) is 3.49. The molecule has 0 saturated carbocycles. The van der Waals surface area contributed by atoms with Gasteiger partial charge in [-0.25, -0.2) is 0 Å². The third-order valence-corrected chi connectivity index (χ3v) is 2.06. The lowest BCUT2D eigenvalue weighted by atomic mass is 10.1. The zero-order valence-electron chi connectivity index (χ0n) is 9.00. The number of rotatable bonds is 3. The van der Waals surface area contributed by atoms with Crippen molar-refractivity contribution < 1.29 is 9.90 Å². The summed E-state index contributed by atoms with van der Waals surface area (Å²) in [5.74, 6) is 0.147. The van der Waals surface area contributed by atoms with E-state index >= 15 is 0 Å². The van der Waals surface area contributed by atoms with E-state index in [0.29, 0.717) is 12.1 Å². The van der Waals surface area contributed by atoms with Gasteiger partial charge in [-0.15, -0.1) is 6.58 Å². The Morgan fingerprint density at radius 2 is 2.27 bits per heavy atom. The summed E-state index contributed by atoms with van der Waals surface area (Å²) in [7, 11) is 0. The second kappa shape index (κ2) is 4.64. The molecule has 1 aromatic carbocycles. The molecule has 0 unspecified atom stereocenters. The lowest BCUT2D eigenvalue weighted by molar-refractivity contribution is -0.114. The number of benzene rings is 1. The van der Waals surface area contributed by atoms with Crippen LogP contribution >= 0.6 is 0 Å². The van der Waals surface area contributed by atoms with Crippen LogP contribution < -0.4 is 5.32 Å². The minimum Gasteiger partial charge on any atom is -0.507 e. The second-order valence-electron chi connectivity index (χ2n) is 3.47. The van der Waals surface area contributed by atoms with Crippen molar-refractivity contribution in [2.75, 3.05) is 5.32 Å². The molecule has 0 aliphatic carbocycles. The van der Waals surface area contributed by atoms with Crippen molar-refractivity contribution in [3.05, 3.63) is 35.9 Å². The first-order valence-electron chi connectivity index (χ1n) is 4.75. The van der Waals surface area contributed by atoms with E-state index in [4.69, 9.17) is 0 Å². The molecule has 0 radical (unpaired) electrons. The molecule has 1 aromatic rings. The summed E-state index contributed by atoms with van der Waals surface area (Å²) in [5.41, 5.74) is 2.22. The number of anilines is 1. The Morgan fingerprint density at radius 3 is 2.80 bits per heavy atom. The maximum atomic E-state index is 10.9. The molecule has 0 saturated heterocycles. The van der Waals surface area contributed by atoms with E-state index in [1.165, 1.54) is 6.92 Å². The molecule has 0 spiro atoms. The minimum absolute atomic E-state index is 0.121. The number of allylic oxidation sites excluding steroid dienone is 1. The molecule has 0 aliphatic heterocycles. The highest BCUT2D eigenvalue weighted by molar-refractivity contribution is 5.89. The van der Waals surface area contributed by atoms with E-state index in [9.17, 15) is 9.90 Å². The number of phenolic OH excluding ortho intramolecular Hbond substituents is 1. The highest BCUT2D eigenvalue weighted by atomic mass is 16.3. The van der Waals surface area contributed by atoms with Crippen LogP contribution in [0.25, 0.3) is 0 Å². The number of phenols is 1. The molecule has 0 bridgehead atoms. The number of aromatic hydroxyl groups is 1. The number of carbonyl (C=O) groups is 1. The number of hydrogen-bond acceptors (Lipinski definition) is 2. The Hall–Kier alpha value is -1.77. The van der Waals surface area contributed by atoms with Gasteiger partial charge in [0.1, 0.15) is 5.75 Å². The van der Waals surface area contributed by atoms with Gasteiger partial charge in [-0.2, -0.15) is 0 Å². The van der Waals surface area contributed by atoms with Gasteiger partial charge in [0.2, 0.25) is 5.91 Å². The van der Waals surface area contributed by atoms with Gasteiger partial charge in [0.25, 0.3) is 0 Å². The van der Waals surface area contributed by atoms with E-state index in [2.05, 4.69) is 11.9 Å². The van der Waals surface area contributed by atoms with Gasteiger partial charge in [0.05, 0.1) is 0 Å². The van der Waals surface area contributed by atoms with Gasteiger partial charge in [-0.1, -0.05) is 6.08 Å². The Labute approximate surface area is 89.4 Å². The molecule has 3 nitrogen and oxygen atoms in total. The molecule has 0 heterocycles. The largest absolute Gasteiger partial charge is 0.507 e. The molecule has 15 heavy (non-hydrogen) atoms. The monoisotopic (exact) mass is 205 g/mol. The van der Waals surface area contributed by atoms with E-state index in [0.717, 1.165) is 11.1 Å². The van der Waals surface area contributed by atoms with Gasteiger partial charge < -0.3 is 10.4 Å². The van der Waals surface area contributed by atoms with Gasteiger partial charge >= 0.3 is 0 Å². The van der Waals surface area contributed by atoms with E-state index in [-0.39, 0.29) is 11.7 Å². The lowest BCUT2D eigenvalue weighted by Crippen LogP contribution is -2.06. The molecule has 2 N–H and O–H groups in total. The average Bonchev–Trinajstić information content (AvgIpc) is 2.12. The molecule has 0 atom stereocenters. The van der Waals surface area contributed by atoms with Crippen molar-refractivity contribution in [1.82, 2.24) is 0 Å². The Balaban J connectivity index is 3.10. The quantitative estimate of drug-likeness (QED) is 0.588. The zero-order valence-corrected chi connectivity index (χ0v) is 9.00. The molecule has 80 valence electrons. The van der Waals surface area contributed by atoms with Crippen molar-refractivity contribution in [3.8, 4) is 5.75 Å². The van der Waals surface area contributed by atoms with Crippen LogP contribution in [0.15, 0.2) is 24.8 Å². The third kappa shape index (κ3) is 2.84. The minimum atomic E-state index is -0.121. The Morgan fingerprint density at radius 1 is 1.60 bits per heavy atom. The molecule has 1 rings (SSSR count). The number of hydrogen-bond donors (Lipinski definition) is 2. The molecular weight excluding hydrogens is 190 g/mol. The predicted molar refractivity (Wildman–Crippen MR) is 61.0 cm³/mol. The highest BCUT2D eigenvalue weighted by Gasteiger charge is 2.06.